The summed E-state index contributed by atoms with van der Waals surface area (Å²) in [5.41, 5.74) is 8.71. The number of aromatic nitrogens is 1. The normalized spacial score (nSPS) is 11.3. The summed E-state index contributed by atoms with van der Waals surface area (Å²) in [6, 6.07) is 4.97. The smallest absolute Gasteiger partial charge is 0.308 e. The molecule has 3 N–H and O–H groups in total. The molecule has 1 aromatic heterocycles. The van der Waals surface area contributed by atoms with Crippen molar-refractivity contribution < 1.29 is 14.3 Å². The summed E-state index contributed by atoms with van der Waals surface area (Å²) in [5.74, 6) is -0.440. The molecule has 0 saturated carbocycles. The van der Waals surface area contributed by atoms with Crippen LogP contribution in [0.15, 0.2) is 46.3 Å². The Morgan fingerprint density at radius 3 is 2.56 bits per heavy atom. The maximum Gasteiger partial charge on any atom is 0.308 e. The van der Waals surface area contributed by atoms with Crippen molar-refractivity contribution in [1.82, 2.24) is 4.98 Å². The molecule has 2 aromatic rings. The van der Waals surface area contributed by atoms with Crippen molar-refractivity contribution in [1.29, 1.82) is 0 Å². The SMILES string of the molecule is CC(=O)Oc1c(OC/C=C(\C)CCC=C(C)C)c(=O)[nH]c2cc(N)ccc12. The zero-order valence-corrected chi connectivity index (χ0v) is 16.2. The maximum absolute atomic E-state index is 12.4. The average molecular weight is 370 g/mol. The molecule has 6 nitrogen and oxygen atoms in total. The molecule has 2 rings (SSSR count). The Kier molecular flexibility index (Phi) is 6.82. The molecule has 0 radical (unpaired) electrons. The molecular weight excluding hydrogens is 344 g/mol. The Labute approximate surface area is 158 Å². The van der Waals surface area contributed by atoms with E-state index in [0.717, 1.165) is 18.4 Å². The van der Waals surface area contributed by atoms with E-state index in [1.54, 1.807) is 18.2 Å². The van der Waals surface area contributed by atoms with Crippen LogP contribution in [0.25, 0.3) is 10.9 Å². The van der Waals surface area contributed by atoms with Crippen LogP contribution in [0.1, 0.15) is 40.5 Å². The predicted molar refractivity (Wildman–Crippen MR) is 108 cm³/mol. The average Bonchev–Trinajstić information content (AvgIpc) is 2.56. The number of nitrogen functional groups attached to an aromatic ring is 1. The molecule has 1 heterocycles. The van der Waals surface area contributed by atoms with Gasteiger partial charge in [-0.3, -0.25) is 9.59 Å². The first-order valence-electron chi connectivity index (χ1n) is 8.83. The highest BCUT2D eigenvalue weighted by molar-refractivity contribution is 5.91. The third-order valence-corrected chi connectivity index (χ3v) is 3.95. The number of benzene rings is 1. The Hall–Kier alpha value is -3.02. The van der Waals surface area contributed by atoms with Gasteiger partial charge < -0.3 is 20.2 Å². The second-order valence-electron chi connectivity index (χ2n) is 6.69. The minimum atomic E-state index is -0.531. The molecule has 0 saturated heterocycles. The first-order chi connectivity index (χ1) is 12.8. The maximum atomic E-state index is 12.4. The van der Waals surface area contributed by atoms with Gasteiger partial charge in [-0.05, 0) is 57.9 Å². The number of ether oxygens (including phenoxy) is 2. The number of fused-ring (bicyclic) bond motifs is 1. The van der Waals surface area contributed by atoms with Crippen LogP contribution in [-0.2, 0) is 4.79 Å². The van der Waals surface area contributed by atoms with Crippen molar-refractivity contribution in [3.8, 4) is 11.5 Å². The monoisotopic (exact) mass is 370 g/mol. The number of carbonyl (C=O) groups excluding carboxylic acids is 1. The van der Waals surface area contributed by atoms with E-state index in [2.05, 4.69) is 24.9 Å². The largest absolute Gasteiger partial charge is 0.481 e. The zero-order valence-electron chi connectivity index (χ0n) is 16.2. The van der Waals surface area contributed by atoms with Gasteiger partial charge in [0.25, 0.3) is 5.56 Å². The van der Waals surface area contributed by atoms with E-state index in [4.69, 9.17) is 15.2 Å². The minimum Gasteiger partial charge on any atom is -0.481 e. The standard InChI is InChI=1S/C21H26N2O4/c1-13(2)6-5-7-14(3)10-11-26-20-19(27-15(4)24)17-9-8-16(22)12-18(17)23-21(20)25/h6,8-10,12H,5,7,11,22H2,1-4H3,(H,23,25)/b14-10+. The Morgan fingerprint density at radius 1 is 1.15 bits per heavy atom. The highest BCUT2D eigenvalue weighted by Gasteiger charge is 2.17. The highest BCUT2D eigenvalue weighted by Crippen LogP contribution is 2.32. The third-order valence-electron chi connectivity index (χ3n) is 3.95. The van der Waals surface area contributed by atoms with E-state index in [-0.39, 0.29) is 18.1 Å². The van der Waals surface area contributed by atoms with Gasteiger partial charge >= 0.3 is 5.97 Å². The van der Waals surface area contributed by atoms with Crippen LogP contribution in [0.3, 0.4) is 0 Å². The summed E-state index contributed by atoms with van der Waals surface area (Å²) < 4.78 is 10.9. The molecule has 27 heavy (non-hydrogen) atoms. The Balaban J connectivity index is 2.27. The van der Waals surface area contributed by atoms with Gasteiger partial charge in [0, 0.05) is 18.0 Å². The Morgan fingerprint density at radius 2 is 1.89 bits per heavy atom. The van der Waals surface area contributed by atoms with Crippen LogP contribution < -0.4 is 20.8 Å². The number of nitrogens with two attached hydrogens (primary N) is 1. The number of nitrogens with one attached hydrogen (secondary N) is 1. The summed E-state index contributed by atoms with van der Waals surface area (Å²) in [6.45, 7) is 7.64. The van der Waals surface area contributed by atoms with Crippen LogP contribution in [0, 0.1) is 0 Å². The number of esters is 1. The number of aromatic amines is 1. The lowest BCUT2D eigenvalue weighted by Crippen LogP contribution is -2.15. The summed E-state index contributed by atoms with van der Waals surface area (Å²) >= 11 is 0. The number of allylic oxidation sites excluding steroid dienone is 3. The molecule has 0 spiro atoms. The number of pyridine rings is 1. The summed E-state index contributed by atoms with van der Waals surface area (Å²) in [5, 5.41) is 0.554. The van der Waals surface area contributed by atoms with E-state index in [9.17, 15) is 9.59 Å². The van der Waals surface area contributed by atoms with Gasteiger partial charge in [-0.2, -0.15) is 0 Å². The predicted octanol–water partition coefficient (Wildman–Crippen LogP) is 4.11. The van der Waals surface area contributed by atoms with Crippen LogP contribution in [0.4, 0.5) is 5.69 Å². The van der Waals surface area contributed by atoms with Gasteiger partial charge in [0.05, 0.1) is 5.52 Å². The van der Waals surface area contributed by atoms with E-state index in [0.29, 0.717) is 16.6 Å². The lowest BCUT2D eigenvalue weighted by Gasteiger charge is -2.12. The summed E-state index contributed by atoms with van der Waals surface area (Å²) in [7, 11) is 0. The van der Waals surface area contributed by atoms with E-state index >= 15 is 0 Å². The number of H-pyrrole nitrogens is 1. The fourth-order valence-corrected chi connectivity index (χ4v) is 2.60. The quantitative estimate of drug-likeness (QED) is 0.434. The van der Waals surface area contributed by atoms with Gasteiger partial charge in [-0.25, -0.2) is 0 Å². The third kappa shape index (κ3) is 5.74. The first kappa shape index (κ1) is 20.3. The zero-order chi connectivity index (χ0) is 20.0. The molecular formula is C21H26N2O4. The second-order valence-corrected chi connectivity index (χ2v) is 6.69. The minimum absolute atomic E-state index is 0.0178. The Bertz CT molecular complexity index is 951. The van der Waals surface area contributed by atoms with Crippen LogP contribution in [0.5, 0.6) is 11.5 Å². The summed E-state index contributed by atoms with van der Waals surface area (Å²) in [4.78, 5) is 26.7. The second kappa shape index (κ2) is 9.07. The number of anilines is 1. The van der Waals surface area contributed by atoms with Crippen LogP contribution in [0.2, 0.25) is 0 Å². The molecule has 1 aromatic carbocycles. The molecule has 0 unspecified atom stereocenters. The molecule has 6 heteroatoms. The molecule has 0 fully saturated rings. The van der Waals surface area contributed by atoms with Crippen molar-refractivity contribution in [2.45, 2.75) is 40.5 Å². The van der Waals surface area contributed by atoms with E-state index in [1.807, 2.05) is 13.0 Å². The molecule has 0 amide bonds. The lowest BCUT2D eigenvalue weighted by atomic mass is 10.1. The van der Waals surface area contributed by atoms with E-state index in [1.165, 1.54) is 12.5 Å². The molecule has 144 valence electrons. The lowest BCUT2D eigenvalue weighted by molar-refractivity contribution is -0.131. The van der Waals surface area contributed by atoms with Crippen LogP contribution >= 0.6 is 0 Å². The molecule has 0 aliphatic carbocycles. The fourth-order valence-electron chi connectivity index (χ4n) is 2.60. The van der Waals surface area contributed by atoms with Gasteiger partial charge in [-0.1, -0.05) is 17.2 Å². The number of hydrogen-bond donors (Lipinski definition) is 2. The van der Waals surface area contributed by atoms with Gasteiger partial charge in [0.2, 0.25) is 5.75 Å². The van der Waals surface area contributed by atoms with E-state index < -0.39 is 11.5 Å². The summed E-state index contributed by atoms with van der Waals surface area (Å²) in [6.07, 6.45) is 5.97. The van der Waals surface area contributed by atoms with Gasteiger partial charge in [0.15, 0.2) is 5.75 Å². The first-order valence-corrected chi connectivity index (χ1v) is 8.83. The van der Waals surface area contributed by atoms with Gasteiger partial charge in [0.1, 0.15) is 6.61 Å². The van der Waals surface area contributed by atoms with Gasteiger partial charge in [-0.15, -0.1) is 0 Å². The van der Waals surface area contributed by atoms with Crippen molar-refractivity contribution >= 4 is 22.6 Å². The molecule has 0 atom stereocenters. The fraction of sp³-hybridized carbons (Fsp3) is 0.333. The number of hydrogen-bond acceptors (Lipinski definition) is 5. The molecule has 0 bridgehead atoms. The van der Waals surface area contributed by atoms with Crippen molar-refractivity contribution in [2.24, 2.45) is 0 Å². The van der Waals surface area contributed by atoms with Crippen molar-refractivity contribution in [2.75, 3.05) is 12.3 Å². The highest BCUT2D eigenvalue weighted by atomic mass is 16.6. The van der Waals surface area contributed by atoms with Crippen LogP contribution in [-0.4, -0.2) is 17.6 Å². The molecule has 0 aliphatic rings. The number of carbonyl (C=O) groups is 1. The van der Waals surface area contributed by atoms with Crippen molar-refractivity contribution in [3.63, 3.8) is 0 Å². The topological polar surface area (TPSA) is 94.4 Å². The van der Waals surface area contributed by atoms with Crippen molar-refractivity contribution in [3.05, 3.63) is 51.9 Å². The molecule has 0 aliphatic heterocycles. The number of rotatable bonds is 7.